The number of rotatable bonds is 7. The Kier molecular flexibility index (Phi) is 7.42. The highest BCUT2D eigenvalue weighted by molar-refractivity contribution is 6.32. The van der Waals surface area contributed by atoms with Crippen molar-refractivity contribution in [3.8, 4) is 5.75 Å². The lowest BCUT2D eigenvalue weighted by Crippen LogP contribution is -2.54. The molecule has 9 heteroatoms. The standard InChI is InChI=1S/C21H24Cl2N4O3/c1-4-29-20-25-19(24-16-9-10-18(17(23)11-16)30-13(2)3)27(21(28)26-20)12-14-5-7-15(22)8-6-14/h5-11,13,20H,4,12H2,1-3H3,(H,24,25)(H,26,28). The predicted molar refractivity (Wildman–Crippen MR) is 119 cm³/mol. The number of nitrogens with one attached hydrogen (secondary N) is 2. The first-order valence-electron chi connectivity index (χ1n) is 9.60. The summed E-state index contributed by atoms with van der Waals surface area (Å²) in [5, 5.41) is 6.98. The zero-order valence-electron chi connectivity index (χ0n) is 17.0. The Morgan fingerprint density at radius 3 is 2.57 bits per heavy atom. The smallest absolute Gasteiger partial charge is 0.328 e. The monoisotopic (exact) mass is 450 g/mol. The van der Waals surface area contributed by atoms with Crippen LogP contribution in [0.25, 0.3) is 0 Å². The Morgan fingerprint density at radius 1 is 1.20 bits per heavy atom. The first-order valence-corrected chi connectivity index (χ1v) is 10.4. The highest BCUT2D eigenvalue weighted by atomic mass is 35.5. The van der Waals surface area contributed by atoms with Crippen molar-refractivity contribution < 1.29 is 14.3 Å². The average molecular weight is 451 g/mol. The molecule has 0 saturated carbocycles. The van der Waals surface area contributed by atoms with Crippen LogP contribution in [-0.4, -0.2) is 36.0 Å². The maximum absolute atomic E-state index is 12.7. The van der Waals surface area contributed by atoms with E-state index < -0.39 is 6.35 Å². The highest BCUT2D eigenvalue weighted by Gasteiger charge is 2.29. The van der Waals surface area contributed by atoms with Gasteiger partial charge in [0, 0.05) is 17.3 Å². The van der Waals surface area contributed by atoms with Crippen LogP contribution in [0, 0.1) is 0 Å². The van der Waals surface area contributed by atoms with Crippen molar-refractivity contribution in [3.63, 3.8) is 0 Å². The van der Waals surface area contributed by atoms with Gasteiger partial charge in [-0.15, -0.1) is 0 Å². The number of amides is 2. The van der Waals surface area contributed by atoms with Crippen LogP contribution in [0.3, 0.4) is 0 Å². The summed E-state index contributed by atoms with van der Waals surface area (Å²) < 4.78 is 11.1. The van der Waals surface area contributed by atoms with E-state index in [1.54, 1.807) is 24.3 Å². The molecule has 2 aromatic carbocycles. The molecule has 0 aromatic heterocycles. The average Bonchev–Trinajstić information content (AvgIpc) is 2.68. The van der Waals surface area contributed by atoms with Crippen molar-refractivity contribution in [3.05, 3.63) is 58.1 Å². The van der Waals surface area contributed by atoms with E-state index in [1.165, 1.54) is 4.90 Å². The minimum atomic E-state index is -0.773. The minimum absolute atomic E-state index is 0.00884. The molecule has 1 heterocycles. The summed E-state index contributed by atoms with van der Waals surface area (Å²) >= 11 is 12.3. The molecule has 0 spiro atoms. The van der Waals surface area contributed by atoms with Gasteiger partial charge in [-0.2, -0.15) is 4.99 Å². The van der Waals surface area contributed by atoms with Gasteiger partial charge in [-0.25, -0.2) is 4.79 Å². The van der Waals surface area contributed by atoms with Gasteiger partial charge in [0.25, 0.3) is 0 Å². The summed E-state index contributed by atoms with van der Waals surface area (Å²) in [6.07, 6.45) is -0.764. The van der Waals surface area contributed by atoms with E-state index in [2.05, 4.69) is 15.6 Å². The van der Waals surface area contributed by atoms with Crippen molar-refractivity contribution in [1.29, 1.82) is 0 Å². The number of halogens is 2. The van der Waals surface area contributed by atoms with E-state index in [-0.39, 0.29) is 12.1 Å². The molecule has 1 unspecified atom stereocenters. The Bertz CT molecular complexity index is 919. The fourth-order valence-electron chi connectivity index (χ4n) is 2.81. The quantitative estimate of drug-likeness (QED) is 0.615. The number of hydrogen-bond acceptors (Lipinski definition) is 5. The number of benzene rings is 2. The molecule has 0 fully saturated rings. The largest absolute Gasteiger partial charge is 0.489 e. The molecule has 0 radical (unpaired) electrons. The van der Waals surface area contributed by atoms with Gasteiger partial charge >= 0.3 is 6.03 Å². The fourth-order valence-corrected chi connectivity index (χ4v) is 3.16. The fraction of sp³-hybridized carbons (Fsp3) is 0.333. The molecule has 160 valence electrons. The Hall–Kier alpha value is -2.48. The Labute approximate surface area is 186 Å². The minimum Gasteiger partial charge on any atom is -0.489 e. The third-order valence-electron chi connectivity index (χ3n) is 4.12. The summed E-state index contributed by atoms with van der Waals surface area (Å²) in [4.78, 5) is 18.7. The van der Waals surface area contributed by atoms with Crippen LogP contribution in [-0.2, 0) is 11.3 Å². The van der Waals surface area contributed by atoms with E-state index >= 15 is 0 Å². The maximum atomic E-state index is 12.7. The number of ether oxygens (including phenoxy) is 2. The predicted octanol–water partition coefficient (Wildman–Crippen LogP) is 5.09. The lowest BCUT2D eigenvalue weighted by molar-refractivity contribution is 0.0438. The van der Waals surface area contributed by atoms with Gasteiger partial charge in [0.05, 0.1) is 17.7 Å². The zero-order valence-corrected chi connectivity index (χ0v) is 18.5. The second-order valence-electron chi connectivity index (χ2n) is 6.86. The third-order valence-corrected chi connectivity index (χ3v) is 4.66. The van der Waals surface area contributed by atoms with Crippen molar-refractivity contribution in [1.82, 2.24) is 10.2 Å². The molecule has 1 aliphatic heterocycles. The van der Waals surface area contributed by atoms with Gasteiger partial charge in [-0.1, -0.05) is 35.3 Å². The molecule has 2 amide bonds. The lowest BCUT2D eigenvalue weighted by Gasteiger charge is -2.32. The van der Waals surface area contributed by atoms with Crippen molar-refractivity contribution in [2.75, 3.05) is 11.9 Å². The zero-order chi connectivity index (χ0) is 21.7. The number of hydrogen-bond donors (Lipinski definition) is 2. The van der Waals surface area contributed by atoms with E-state index in [0.717, 1.165) is 5.56 Å². The normalized spacial score (nSPS) is 16.3. The number of guanidine groups is 1. The Morgan fingerprint density at radius 2 is 1.93 bits per heavy atom. The van der Waals surface area contributed by atoms with Crippen molar-refractivity contribution >= 4 is 40.9 Å². The highest BCUT2D eigenvalue weighted by Crippen LogP contribution is 2.29. The summed E-state index contributed by atoms with van der Waals surface area (Å²) in [5.74, 6) is 0.937. The molecule has 0 aliphatic carbocycles. The van der Waals surface area contributed by atoms with Crippen LogP contribution in [0.5, 0.6) is 5.75 Å². The second-order valence-corrected chi connectivity index (χ2v) is 7.70. The van der Waals surface area contributed by atoms with Crippen LogP contribution in [0.2, 0.25) is 10.0 Å². The van der Waals surface area contributed by atoms with Crippen LogP contribution in [0.4, 0.5) is 10.5 Å². The topological polar surface area (TPSA) is 75.2 Å². The van der Waals surface area contributed by atoms with E-state index in [1.807, 2.05) is 39.0 Å². The van der Waals surface area contributed by atoms with Crippen molar-refractivity contribution in [2.45, 2.75) is 39.8 Å². The third kappa shape index (κ3) is 5.78. The molecule has 0 bridgehead atoms. The molecule has 3 rings (SSSR count). The van der Waals surface area contributed by atoms with Crippen LogP contribution in [0.1, 0.15) is 26.3 Å². The molecule has 1 atom stereocenters. The molecule has 0 saturated heterocycles. The van der Waals surface area contributed by atoms with Gasteiger partial charge < -0.3 is 14.8 Å². The van der Waals surface area contributed by atoms with Crippen LogP contribution < -0.4 is 15.4 Å². The number of nitrogens with zero attached hydrogens (tertiary/aromatic N) is 2. The number of aliphatic imine (C=N–C) groups is 1. The first-order chi connectivity index (χ1) is 14.4. The van der Waals surface area contributed by atoms with Crippen LogP contribution in [0.15, 0.2) is 47.5 Å². The number of anilines is 1. The van der Waals surface area contributed by atoms with Crippen LogP contribution >= 0.6 is 23.2 Å². The number of carbonyl (C=O) groups excluding carboxylic acids is 1. The maximum Gasteiger partial charge on any atom is 0.328 e. The second kappa shape index (κ2) is 10.0. The number of urea groups is 1. The molecule has 7 nitrogen and oxygen atoms in total. The molecule has 2 N–H and O–H groups in total. The Balaban J connectivity index is 1.85. The van der Waals surface area contributed by atoms with Gasteiger partial charge in [0.15, 0.2) is 0 Å². The number of carbonyl (C=O) groups is 1. The lowest BCUT2D eigenvalue weighted by atomic mass is 10.2. The summed E-state index contributed by atoms with van der Waals surface area (Å²) in [6, 6.07) is 12.3. The van der Waals surface area contributed by atoms with Gasteiger partial charge in [0.2, 0.25) is 12.3 Å². The van der Waals surface area contributed by atoms with E-state index in [0.29, 0.717) is 40.6 Å². The van der Waals surface area contributed by atoms with Gasteiger partial charge in [0.1, 0.15) is 5.75 Å². The summed E-state index contributed by atoms with van der Waals surface area (Å²) in [6.45, 7) is 6.41. The first kappa shape index (κ1) is 22.2. The molecule has 2 aromatic rings. The van der Waals surface area contributed by atoms with Gasteiger partial charge in [-0.05, 0) is 56.7 Å². The summed E-state index contributed by atoms with van der Waals surface area (Å²) in [7, 11) is 0. The van der Waals surface area contributed by atoms with Crippen molar-refractivity contribution in [2.24, 2.45) is 4.99 Å². The molecular formula is C21H24Cl2N4O3. The van der Waals surface area contributed by atoms with E-state index in [4.69, 9.17) is 32.7 Å². The van der Waals surface area contributed by atoms with Gasteiger partial charge in [-0.3, -0.25) is 10.2 Å². The summed E-state index contributed by atoms with van der Waals surface area (Å²) in [5.41, 5.74) is 1.57. The van der Waals surface area contributed by atoms with E-state index in [9.17, 15) is 4.79 Å². The SMILES string of the molecule is CCOC1N=C(Nc2ccc(OC(C)C)c(Cl)c2)N(Cc2ccc(Cl)cc2)C(=O)N1. The molecule has 1 aliphatic rings. The molecule has 30 heavy (non-hydrogen) atoms. The molecular weight excluding hydrogens is 427 g/mol.